The van der Waals surface area contributed by atoms with Crippen molar-refractivity contribution < 1.29 is 4.79 Å². The van der Waals surface area contributed by atoms with E-state index < -0.39 is 0 Å². The first kappa shape index (κ1) is 13.1. The summed E-state index contributed by atoms with van der Waals surface area (Å²) in [6.07, 6.45) is 2.43. The number of carbonyl (C=O) groups is 1. The zero-order valence-corrected chi connectivity index (χ0v) is 11.5. The van der Waals surface area contributed by atoms with E-state index in [-0.39, 0.29) is 11.1 Å². The lowest BCUT2D eigenvalue weighted by atomic mass is 10.2. The molecule has 0 fully saturated rings. The van der Waals surface area contributed by atoms with Crippen LogP contribution in [-0.4, -0.2) is 29.4 Å². The summed E-state index contributed by atoms with van der Waals surface area (Å²) in [5, 5.41) is 2.29. The Morgan fingerprint density at radius 3 is 2.94 bits per heavy atom. The van der Waals surface area contributed by atoms with Gasteiger partial charge in [0.05, 0.1) is 5.56 Å². The van der Waals surface area contributed by atoms with Crippen molar-refractivity contribution in [1.29, 1.82) is 0 Å². The molecule has 0 N–H and O–H groups in total. The van der Waals surface area contributed by atoms with Crippen LogP contribution in [0, 0.1) is 0 Å². The molecule has 0 radical (unpaired) electrons. The van der Waals surface area contributed by atoms with Crippen LogP contribution >= 0.6 is 22.9 Å². The first-order valence-corrected chi connectivity index (χ1v) is 6.82. The fourth-order valence-electron chi connectivity index (χ4n) is 1.59. The minimum atomic E-state index is -0.0929. The van der Waals surface area contributed by atoms with Gasteiger partial charge in [-0.25, -0.2) is 4.98 Å². The van der Waals surface area contributed by atoms with Gasteiger partial charge in [-0.3, -0.25) is 4.79 Å². The molecule has 2 heterocycles. The third-order valence-electron chi connectivity index (χ3n) is 2.61. The zero-order chi connectivity index (χ0) is 13.0. The maximum absolute atomic E-state index is 12.1. The van der Waals surface area contributed by atoms with Crippen LogP contribution in [0.3, 0.4) is 0 Å². The van der Waals surface area contributed by atoms with Gasteiger partial charge in [0.15, 0.2) is 0 Å². The molecule has 5 heteroatoms. The zero-order valence-electron chi connectivity index (χ0n) is 9.97. The van der Waals surface area contributed by atoms with E-state index in [1.54, 1.807) is 41.6 Å². The minimum absolute atomic E-state index is 0.0929. The average Bonchev–Trinajstić information content (AvgIpc) is 2.89. The van der Waals surface area contributed by atoms with Crippen molar-refractivity contribution in [2.45, 2.75) is 6.42 Å². The molecular weight excluding hydrogens is 268 g/mol. The average molecular weight is 281 g/mol. The highest BCUT2D eigenvalue weighted by molar-refractivity contribution is 7.09. The van der Waals surface area contributed by atoms with Crippen molar-refractivity contribution >= 4 is 28.8 Å². The van der Waals surface area contributed by atoms with Gasteiger partial charge in [-0.15, -0.1) is 11.3 Å². The molecule has 0 spiro atoms. The molecule has 0 aliphatic rings. The summed E-state index contributed by atoms with van der Waals surface area (Å²) in [7, 11) is 1.78. The quantitative estimate of drug-likeness (QED) is 0.806. The Morgan fingerprint density at radius 1 is 1.44 bits per heavy atom. The predicted octanol–water partition coefficient (Wildman–Crippen LogP) is 3.11. The normalized spacial score (nSPS) is 10.3. The molecule has 3 nitrogen and oxygen atoms in total. The van der Waals surface area contributed by atoms with E-state index in [9.17, 15) is 4.79 Å². The first-order chi connectivity index (χ1) is 8.68. The second kappa shape index (κ2) is 5.98. The van der Waals surface area contributed by atoms with E-state index in [0.717, 1.165) is 6.42 Å². The molecule has 1 amide bonds. The topological polar surface area (TPSA) is 33.2 Å². The number of carbonyl (C=O) groups excluding carboxylic acids is 1. The van der Waals surface area contributed by atoms with Crippen molar-refractivity contribution in [2.24, 2.45) is 0 Å². The molecular formula is C13H13ClN2OS. The highest BCUT2D eigenvalue weighted by Crippen LogP contribution is 2.15. The molecule has 0 aliphatic carbocycles. The Balaban J connectivity index is 1.99. The van der Waals surface area contributed by atoms with Gasteiger partial charge in [-0.05, 0) is 30.0 Å². The molecule has 0 saturated heterocycles. The van der Waals surface area contributed by atoms with Crippen LogP contribution < -0.4 is 0 Å². The smallest absolute Gasteiger partial charge is 0.256 e. The number of amides is 1. The van der Waals surface area contributed by atoms with Crippen LogP contribution in [0.4, 0.5) is 0 Å². The van der Waals surface area contributed by atoms with Crippen molar-refractivity contribution in [3.05, 3.63) is 51.4 Å². The molecule has 94 valence electrons. The van der Waals surface area contributed by atoms with Crippen molar-refractivity contribution in [1.82, 2.24) is 9.88 Å². The van der Waals surface area contributed by atoms with Gasteiger partial charge in [0, 0.05) is 24.7 Å². The Hall–Kier alpha value is -1.39. The number of pyridine rings is 1. The lowest BCUT2D eigenvalue weighted by Crippen LogP contribution is -2.29. The van der Waals surface area contributed by atoms with Gasteiger partial charge in [-0.1, -0.05) is 17.7 Å². The number of aromatic nitrogens is 1. The molecule has 0 saturated carbocycles. The predicted molar refractivity (Wildman–Crippen MR) is 74.2 cm³/mol. The van der Waals surface area contributed by atoms with Gasteiger partial charge in [0.25, 0.3) is 5.91 Å². The van der Waals surface area contributed by atoms with Crippen LogP contribution in [0.15, 0.2) is 35.8 Å². The third-order valence-corrected chi connectivity index (χ3v) is 3.85. The number of hydrogen-bond acceptors (Lipinski definition) is 3. The van der Waals surface area contributed by atoms with E-state index in [2.05, 4.69) is 11.1 Å². The van der Waals surface area contributed by atoms with Crippen molar-refractivity contribution in [3.63, 3.8) is 0 Å². The summed E-state index contributed by atoms with van der Waals surface area (Å²) in [6, 6.07) is 7.49. The maximum Gasteiger partial charge on any atom is 0.256 e. The summed E-state index contributed by atoms with van der Waals surface area (Å²) >= 11 is 7.61. The summed E-state index contributed by atoms with van der Waals surface area (Å²) in [4.78, 5) is 19.0. The summed E-state index contributed by atoms with van der Waals surface area (Å²) in [5.74, 6) is -0.0929. The molecule has 2 rings (SSSR count). The van der Waals surface area contributed by atoms with Crippen molar-refractivity contribution in [3.8, 4) is 0 Å². The molecule has 2 aromatic heterocycles. The Bertz CT molecular complexity index is 528. The fraction of sp³-hybridized carbons (Fsp3) is 0.231. The Morgan fingerprint density at radius 2 is 2.28 bits per heavy atom. The minimum Gasteiger partial charge on any atom is -0.341 e. The largest absolute Gasteiger partial charge is 0.341 e. The van der Waals surface area contributed by atoms with Gasteiger partial charge < -0.3 is 4.90 Å². The van der Waals surface area contributed by atoms with Crippen LogP contribution in [-0.2, 0) is 6.42 Å². The van der Waals surface area contributed by atoms with E-state index in [1.165, 1.54) is 4.88 Å². The molecule has 18 heavy (non-hydrogen) atoms. The number of hydrogen-bond donors (Lipinski definition) is 0. The van der Waals surface area contributed by atoms with E-state index in [4.69, 9.17) is 11.6 Å². The fourth-order valence-corrected chi connectivity index (χ4v) is 2.48. The van der Waals surface area contributed by atoms with Crippen molar-refractivity contribution in [2.75, 3.05) is 13.6 Å². The molecule has 0 atom stereocenters. The number of likely N-dealkylation sites (N-methyl/N-ethyl adjacent to an activating group) is 1. The van der Waals surface area contributed by atoms with Gasteiger partial charge in [-0.2, -0.15) is 0 Å². The lowest BCUT2D eigenvalue weighted by molar-refractivity contribution is 0.0796. The monoisotopic (exact) mass is 280 g/mol. The maximum atomic E-state index is 12.1. The summed E-state index contributed by atoms with van der Waals surface area (Å²) in [6.45, 7) is 0.671. The summed E-state index contributed by atoms with van der Waals surface area (Å²) < 4.78 is 0. The molecule has 2 aromatic rings. The molecule has 0 aliphatic heterocycles. The SMILES string of the molecule is CN(CCc1cccs1)C(=O)c1cccnc1Cl. The lowest BCUT2D eigenvalue weighted by Gasteiger charge is -2.17. The molecule has 0 unspecified atom stereocenters. The number of nitrogens with zero attached hydrogens (tertiary/aromatic N) is 2. The summed E-state index contributed by atoms with van der Waals surface area (Å²) in [5.41, 5.74) is 0.452. The highest BCUT2D eigenvalue weighted by atomic mass is 35.5. The standard InChI is InChI=1S/C13H13ClN2OS/c1-16(8-6-10-4-3-9-18-10)13(17)11-5-2-7-15-12(11)14/h2-5,7,9H,6,8H2,1H3. The van der Waals surface area contributed by atoms with Crippen LogP contribution in [0.5, 0.6) is 0 Å². The highest BCUT2D eigenvalue weighted by Gasteiger charge is 2.15. The van der Waals surface area contributed by atoms with Crippen LogP contribution in [0.25, 0.3) is 0 Å². The molecule has 0 aromatic carbocycles. The van der Waals surface area contributed by atoms with E-state index >= 15 is 0 Å². The number of thiophene rings is 1. The van der Waals surface area contributed by atoms with Gasteiger partial charge in [0.1, 0.15) is 5.15 Å². The van der Waals surface area contributed by atoms with Gasteiger partial charge >= 0.3 is 0 Å². The van der Waals surface area contributed by atoms with E-state index in [0.29, 0.717) is 12.1 Å². The Kier molecular flexibility index (Phi) is 4.33. The Labute approximate surface area is 115 Å². The van der Waals surface area contributed by atoms with Crippen LogP contribution in [0.2, 0.25) is 5.15 Å². The number of rotatable bonds is 4. The second-order valence-corrected chi connectivity index (χ2v) is 5.29. The second-order valence-electron chi connectivity index (χ2n) is 3.90. The first-order valence-electron chi connectivity index (χ1n) is 5.57. The van der Waals surface area contributed by atoms with Gasteiger partial charge in [0.2, 0.25) is 0 Å². The number of halogens is 1. The third kappa shape index (κ3) is 3.09. The molecule has 0 bridgehead atoms. The van der Waals surface area contributed by atoms with Crippen LogP contribution in [0.1, 0.15) is 15.2 Å². The van der Waals surface area contributed by atoms with E-state index in [1.807, 2.05) is 11.4 Å².